The quantitative estimate of drug-likeness (QED) is 0.724. The lowest BCUT2D eigenvalue weighted by molar-refractivity contribution is -0.116. The van der Waals surface area contributed by atoms with Crippen LogP contribution >= 0.6 is 0 Å². The minimum absolute atomic E-state index is 0.216. The van der Waals surface area contributed by atoms with E-state index in [9.17, 15) is 13.2 Å². The van der Waals surface area contributed by atoms with Gasteiger partial charge in [-0.1, -0.05) is 12.1 Å². The summed E-state index contributed by atoms with van der Waals surface area (Å²) in [4.78, 5) is 12.1. The van der Waals surface area contributed by atoms with Crippen LogP contribution < -0.4 is 16.2 Å². The minimum atomic E-state index is -3.59. The summed E-state index contributed by atoms with van der Waals surface area (Å²) in [6.45, 7) is 5.32. The molecule has 1 amide bonds. The molecule has 1 aliphatic heterocycles. The Bertz CT molecular complexity index is 667. The molecule has 23 heavy (non-hydrogen) atoms. The minimum Gasteiger partial charge on any atom is -0.325 e. The number of anilines is 1. The maximum atomic E-state index is 12.7. The summed E-state index contributed by atoms with van der Waals surface area (Å²) < 4.78 is 26.4. The lowest BCUT2D eigenvalue weighted by Crippen LogP contribution is -2.47. The zero-order valence-corrected chi connectivity index (χ0v) is 14.6. The fraction of sp³-hybridized carbons (Fsp3) is 0.533. The number of benzene rings is 1. The zero-order chi connectivity index (χ0) is 17.2. The summed E-state index contributed by atoms with van der Waals surface area (Å²) in [5.41, 5.74) is 7.53. The molecular formula is C15H24N4O3S. The fourth-order valence-electron chi connectivity index (χ4n) is 2.80. The van der Waals surface area contributed by atoms with Gasteiger partial charge in [0.1, 0.15) is 5.25 Å². The summed E-state index contributed by atoms with van der Waals surface area (Å²) in [5, 5.41) is 2.11. The third-order valence-corrected chi connectivity index (χ3v) is 6.47. The molecule has 0 bridgehead atoms. The van der Waals surface area contributed by atoms with Gasteiger partial charge < -0.3 is 5.32 Å². The van der Waals surface area contributed by atoms with Crippen molar-refractivity contribution in [3.63, 3.8) is 0 Å². The topological polar surface area (TPSA) is 90.5 Å². The van der Waals surface area contributed by atoms with Gasteiger partial charge in [0, 0.05) is 24.8 Å². The molecule has 8 heteroatoms. The Morgan fingerprint density at radius 1 is 1.26 bits per heavy atom. The lowest BCUT2D eigenvalue weighted by atomic mass is 10.2. The summed E-state index contributed by atoms with van der Waals surface area (Å²) in [6.07, 6.45) is 0. The van der Waals surface area contributed by atoms with Crippen molar-refractivity contribution in [3.8, 4) is 0 Å². The number of likely N-dealkylation sites (N-methyl/N-ethyl adjacent to an activating group) is 1. The number of aryl methyl sites for hydroxylation is 1. The fourth-order valence-corrected chi connectivity index (χ4v) is 4.68. The average Bonchev–Trinajstić information content (AvgIpc) is 2.78. The number of hydrogen-bond donors (Lipinski definition) is 3. The number of nitrogens with one attached hydrogen (secondary N) is 3. The van der Waals surface area contributed by atoms with Crippen molar-refractivity contribution in [2.24, 2.45) is 0 Å². The first kappa shape index (κ1) is 17.9. The van der Waals surface area contributed by atoms with Gasteiger partial charge in [-0.3, -0.25) is 15.6 Å². The van der Waals surface area contributed by atoms with Crippen LogP contribution in [0.4, 0.5) is 5.69 Å². The molecule has 2 rings (SSSR count). The monoisotopic (exact) mass is 340 g/mol. The van der Waals surface area contributed by atoms with Crippen LogP contribution in [0.15, 0.2) is 24.3 Å². The molecule has 7 nitrogen and oxygen atoms in total. The highest BCUT2D eigenvalue weighted by Gasteiger charge is 2.42. The van der Waals surface area contributed by atoms with Gasteiger partial charge in [-0.05, 0) is 38.5 Å². The molecule has 2 unspecified atom stereocenters. The molecular weight excluding hydrogens is 316 g/mol. The average molecular weight is 340 g/mol. The van der Waals surface area contributed by atoms with E-state index in [1.54, 1.807) is 19.9 Å². The van der Waals surface area contributed by atoms with Crippen molar-refractivity contribution in [1.82, 2.24) is 15.2 Å². The van der Waals surface area contributed by atoms with Crippen LogP contribution in [0.5, 0.6) is 0 Å². The van der Waals surface area contributed by atoms with Crippen LogP contribution in [0, 0.1) is 6.92 Å². The van der Waals surface area contributed by atoms with E-state index in [0.717, 1.165) is 9.87 Å². The van der Waals surface area contributed by atoms with Gasteiger partial charge >= 0.3 is 0 Å². The number of nitrogens with zero attached hydrogens (tertiary/aromatic N) is 1. The smallest absolute Gasteiger partial charge is 0.239 e. The number of amides is 1. The van der Waals surface area contributed by atoms with Crippen molar-refractivity contribution in [3.05, 3.63) is 29.8 Å². The van der Waals surface area contributed by atoms with Gasteiger partial charge in [0.25, 0.3) is 0 Å². The van der Waals surface area contributed by atoms with Crippen molar-refractivity contribution in [1.29, 1.82) is 0 Å². The number of hydrogen-bond acceptors (Lipinski definition) is 5. The van der Waals surface area contributed by atoms with E-state index in [-0.39, 0.29) is 24.5 Å². The Kier molecular flexibility index (Phi) is 5.41. The SMILES string of the molecule is Cc1cccc(NC(=O)CN(C)S(=O)(=O)C2C(C)NNC2C)c1. The van der Waals surface area contributed by atoms with Gasteiger partial charge in [-0.15, -0.1) is 0 Å². The molecule has 1 aromatic rings. The highest BCUT2D eigenvalue weighted by molar-refractivity contribution is 7.89. The highest BCUT2D eigenvalue weighted by Crippen LogP contribution is 2.19. The molecule has 1 fully saturated rings. The van der Waals surface area contributed by atoms with Gasteiger partial charge in [0.15, 0.2) is 0 Å². The maximum Gasteiger partial charge on any atom is 0.239 e. The predicted octanol–water partition coefficient (Wildman–Crippen LogP) is 0.449. The van der Waals surface area contributed by atoms with E-state index < -0.39 is 15.3 Å². The van der Waals surface area contributed by atoms with Gasteiger partial charge in [0.2, 0.25) is 15.9 Å². The molecule has 0 saturated carbocycles. The van der Waals surface area contributed by atoms with E-state index in [1.165, 1.54) is 7.05 Å². The second kappa shape index (κ2) is 6.96. The Hall–Kier alpha value is -1.48. The van der Waals surface area contributed by atoms with Crippen LogP contribution in [0.1, 0.15) is 19.4 Å². The molecule has 2 atom stereocenters. The van der Waals surface area contributed by atoms with Crippen LogP contribution in [0.25, 0.3) is 0 Å². The lowest BCUT2D eigenvalue weighted by Gasteiger charge is -2.25. The van der Waals surface area contributed by atoms with Crippen LogP contribution in [0.2, 0.25) is 0 Å². The Morgan fingerprint density at radius 2 is 1.87 bits per heavy atom. The normalized spacial score (nSPS) is 24.8. The number of carbonyl (C=O) groups is 1. The van der Waals surface area contributed by atoms with E-state index in [2.05, 4.69) is 16.2 Å². The maximum absolute atomic E-state index is 12.7. The number of hydrazine groups is 1. The summed E-state index contributed by atoms with van der Waals surface area (Å²) in [7, 11) is -2.15. The van der Waals surface area contributed by atoms with Crippen LogP contribution in [-0.4, -0.2) is 49.6 Å². The second-order valence-electron chi connectivity index (χ2n) is 6.05. The van der Waals surface area contributed by atoms with E-state index in [1.807, 2.05) is 25.1 Å². The van der Waals surface area contributed by atoms with Crippen molar-refractivity contribution in [2.75, 3.05) is 18.9 Å². The molecule has 1 aromatic carbocycles. The first-order valence-electron chi connectivity index (χ1n) is 7.54. The van der Waals surface area contributed by atoms with Gasteiger partial charge in [-0.2, -0.15) is 4.31 Å². The summed E-state index contributed by atoms with van der Waals surface area (Å²) >= 11 is 0. The third-order valence-electron chi connectivity index (χ3n) is 3.97. The molecule has 1 aliphatic rings. The molecule has 1 saturated heterocycles. The first-order chi connectivity index (χ1) is 10.7. The summed E-state index contributed by atoms with van der Waals surface area (Å²) in [6, 6.07) is 6.92. The molecule has 128 valence electrons. The van der Waals surface area contributed by atoms with Crippen LogP contribution in [0.3, 0.4) is 0 Å². The number of sulfonamides is 1. The van der Waals surface area contributed by atoms with E-state index >= 15 is 0 Å². The largest absolute Gasteiger partial charge is 0.325 e. The first-order valence-corrected chi connectivity index (χ1v) is 9.05. The number of carbonyl (C=O) groups excluding carboxylic acids is 1. The second-order valence-corrected chi connectivity index (χ2v) is 8.25. The molecule has 0 radical (unpaired) electrons. The molecule has 0 spiro atoms. The highest BCUT2D eigenvalue weighted by atomic mass is 32.2. The van der Waals surface area contributed by atoms with E-state index in [0.29, 0.717) is 5.69 Å². The molecule has 0 aliphatic carbocycles. The number of rotatable bonds is 5. The van der Waals surface area contributed by atoms with Gasteiger partial charge in [0.05, 0.1) is 6.54 Å². The van der Waals surface area contributed by atoms with Gasteiger partial charge in [-0.25, -0.2) is 8.42 Å². The van der Waals surface area contributed by atoms with E-state index in [4.69, 9.17) is 0 Å². The van der Waals surface area contributed by atoms with Crippen LogP contribution in [-0.2, 0) is 14.8 Å². The molecule has 0 aromatic heterocycles. The van der Waals surface area contributed by atoms with Crippen molar-refractivity contribution < 1.29 is 13.2 Å². The molecule has 3 N–H and O–H groups in total. The van der Waals surface area contributed by atoms with Crippen molar-refractivity contribution >= 4 is 21.6 Å². The predicted molar refractivity (Wildman–Crippen MR) is 90.3 cm³/mol. The Labute approximate surface area is 137 Å². The molecule has 1 heterocycles. The Morgan fingerprint density at radius 3 is 2.43 bits per heavy atom. The Balaban J connectivity index is 2.03. The van der Waals surface area contributed by atoms with Crippen molar-refractivity contribution in [2.45, 2.75) is 38.1 Å². The third kappa shape index (κ3) is 4.08. The summed E-state index contributed by atoms with van der Waals surface area (Å²) in [5.74, 6) is -0.360. The standard InChI is InChI=1S/C15H24N4O3S/c1-10-6-5-7-13(8-10)16-14(20)9-19(4)23(21,22)15-11(2)17-18-12(15)3/h5-8,11-12,15,17-18H,9H2,1-4H3,(H,16,20). The zero-order valence-electron chi connectivity index (χ0n) is 13.8.